The molecule has 0 spiro atoms. The van der Waals surface area contributed by atoms with Crippen molar-refractivity contribution in [1.82, 2.24) is 19.9 Å². The number of aryl methyl sites for hydroxylation is 1. The van der Waals surface area contributed by atoms with Crippen molar-refractivity contribution in [2.45, 2.75) is 6.92 Å². The molecule has 8 heteroatoms. The predicted octanol–water partition coefficient (Wildman–Crippen LogP) is 3.34. The van der Waals surface area contributed by atoms with E-state index in [1.807, 2.05) is 30.3 Å². The van der Waals surface area contributed by atoms with Gasteiger partial charge < -0.3 is 15.8 Å². The van der Waals surface area contributed by atoms with Gasteiger partial charge >= 0.3 is 0 Å². The molecule has 1 aromatic carbocycles. The summed E-state index contributed by atoms with van der Waals surface area (Å²) in [5.74, 6) is 2.59. The number of pyridine rings is 1. The molecule has 3 aromatic rings. The van der Waals surface area contributed by atoms with Gasteiger partial charge in [0.2, 0.25) is 5.95 Å². The van der Waals surface area contributed by atoms with Gasteiger partial charge in [0.05, 0.1) is 12.7 Å². The van der Waals surface area contributed by atoms with Crippen LogP contribution in [0, 0.1) is 6.92 Å². The highest BCUT2D eigenvalue weighted by Gasteiger charge is 2.13. The molecule has 0 bridgehead atoms. The molecule has 0 atom stereocenters. The van der Waals surface area contributed by atoms with Crippen molar-refractivity contribution in [3.63, 3.8) is 0 Å². The van der Waals surface area contributed by atoms with Gasteiger partial charge in [-0.25, -0.2) is 9.97 Å². The third-order valence-electron chi connectivity index (χ3n) is 3.21. The number of nitrogens with two attached hydrogens (primary N) is 1. The molecule has 0 aliphatic rings. The average Bonchev–Trinajstić information content (AvgIpc) is 2.56. The minimum atomic E-state index is 0.174. The lowest BCUT2D eigenvalue weighted by molar-refractivity contribution is 0.415. The molecule has 122 valence electrons. The highest BCUT2D eigenvalue weighted by Crippen LogP contribution is 2.29. The molecule has 0 aliphatic heterocycles. The number of nitrogen functional groups attached to an aromatic ring is 1. The second-order valence-corrected chi connectivity index (χ2v) is 5.88. The van der Waals surface area contributed by atoms with Gasteiger partial charge in [-0.05, 0) is 53.2 Å². The SMILES string of the molecule is COc1ccc(Nc2ncc(Br)cc2-c2nc(C)nc(N)n2)cc1. The van der Waals surface area contributed by atoms with Crippen LogP contribution in [0.2, 0.25) is 0 Å². The molecule has 0 amide bonds. The highest BCUT2D eigenvalue weighted by molar-refractivity contribution is 9.10. The van der Waals surface area contributed by atoms with Gasteiger partial charge in [-0.2, -0.15) is 9.97 Å². The lowest BCUT2D eigenvalue weighted by atomic mass is 10.2. The number of nitrogens with zero attached hydrogens (tertiary/aromatic N) is 4. The summed E-state index contributed by atoms with van der Waals surface area (Å²) in [6.07, 6.45) is 1.70. The fourth-order valence-electron chi connectivity index (χ4n) is 2.14. The number of hydrogen-bond donors (Lipinski definition) is 2. The van der Waals surface area contributed by atoms with Crippen LogP contribution in [0.5, 0.6) is 5.75 Å². The van der Waals surface area contributed by atoms with Gasteiger partial charge in [0.1, 0.15) is 17.4 Å². The van der Waals surface area contributed by atoms with Crippen LogP contribution in [0.4, 0.5) is 17.5 Å². The van der Waals surface area contributed by atoms with Crippen molar-refractivity contribution in [1.29, 1.82) is 0 Å². The van der Waals surface area contributed by atoms with Gasteiger partial charge in [-0.1, -0.05) is 0 Å². The Kier molecular flexibility index (Phi) is 4.57. The minimum Gasteiger partial charge on any atom is -0.497 e. The summed E-state index contributed by atoms with van der Waals surface area (Å²) in [7, 11) is 1.63. The van der Waals surface area contributed by atoms with Crippen molar-refractivity contribution in [3.05, 3.63) is 46.8 Å². The van der Waals surface area contributed by atoms with Gasteiger partial charge in [0.15, 0.2) is 5.82 Å². The maximum Gasteiger partial charge on any atom is 0.223 e. The first kappa shape index (κ1) is 16.1. The van der Waals surface area contributed by atoms with E-state index in [4.69, 9.17) is 10.5 Å². The quantitative estimate of drug-likeness (QED) is 0.708. The Hall–Kier alpha value is -2.74. The Bertz CT molecular complexity index is 849. The number of halogens is 1. The van der Waals surface area contributed by atoms with Crippen LogP contribution in [0.1, 0.15) is 5.82 Å². The number of hydrogen-bond acceptors (Lipinski definition) is 7. The summed E-state index contributed by atoms with van der Waals surface area (Å²) in [4.78, 5) is 17.0. The van der Waals surface area contributed by atoms with Crippen LogP contribution < -0.4 is 15.8 Å². The number of nitrogens with one attached hydrogen (secondary N) is 1. The lowest BCUT2D eigenvalue weighted by Gasteiger charge is -2.11. The van der Waals surface area contributed by atoms with E-state index >= 15 is 0 Å². The zero-order valence-electron chi connectivity index (χ0n) is 13.1. The second kappa shape index (κ2) is 6.79. The largest absolute Gasteiger partial charge is 0.497 e. The van der Waals surface area contributed by atoms with E-state index in [2.05, 4.69) is 41.2 Å². The fraction of sp³-hybridized carbons (Fsp3) is 0.125. The summed E-state index contributed by atoms with van der Waals surface area (Å²) in [6.45, 7) is 1.77. The molecule has 0 unspecified atom stereocenters. The first-order chi connectivity index (χ1) is 11.5. The second-order valence-electron chi connectivity index (χ2n) is 4.97. The van der Waals surface area contributed by atoms with Crippen LogP contribution in [-0.2, 0) is 0 Å². The molecule has 2 heterocycles. The summed E-state index contributed by atoms with van der Waals surface area (Å²) in [5.41, 5.74) is 7.33. The first-order valence-electron chi connectivity index (χ1n) is 7.10. The topological polar surface area (TPSA) is 98.8 Å². The maximum absolute atomic E-state index is 5.74. The summed E-state index contributed by atoms with van der Waals surface area (Å²) >= 11 is 3.43. The average molecular weight is 387 g/mol. The number of anilines is 3. The molecule has 0 aliphatic carbocycles. The number of rotatable bonds is 4. The van der Waals surface area contributed by atoms with Crippen molar-refractivity contribution in [3.8, 4) is 17.1 Å². The van der Waals surface area contributed by atoms with Crippen LogP contribution in [0.25, 0.3) is 11.4 Å². The molecule has 3 rings (SSSR count). The third kappa shape index (κ3) is 3.60. The molecule has 2 aromatic heterocycles. The first-order valence-corrected chi connectivity index (χ1v) is 7.89. The zero-order valence-corrected chi connectivity index (χ0v) is 14.7. The Morgan fingerprint density at radius 3 is 2.54 bits per heavy atom. The van der Waals surface area contributed by atoms with E-state index in [-0.39, 0.29) is 5.95 Å². The van der Waals surface area contributed by atoms with E-state index in [0.717, 1.165) is 21.5 Å². The third-order valence-corrected chi connectivity index (χ3v) is 3.65. The standard InChI is InChI=1S/C16H15BrN6O/c1-9-20-15(23-16(18)21-9)13-7-10(17)8-19-14(13)22-11-3-5-12(24-2)6-4-11/h3-8H,1-2H3,(H,19,22)(H2,18,20,21,23). The number of ether oxygens (including phenoxy) is 1. The van der Waals surface area contributed by atoms with E-state index in [9.17, 15) is 0 Å². The van der Waals surface area contributed by atoms with Gasteiger partial charge in [-0.15, -0.1) is 0 Å². The monoisotopic (exact) mass is 386 g/mol. The molecular weight excluding hydrogens is 372 g/mol. The highest BCUT2D eigenvalue weighted by atomic mass is 79.9. The molecular formula is C16H15BrN6O. The number of aromatic nitrogens is 4. The van der Waals surface area contributed by atoms with Crippen LogP contribution in [0.3, 0.4) is 0 Å². The van der Waals surface area contributed by atoms with Gasteiger partial charge in [0, 0.05) is 16.4 Å². The Morgan fingerprint density at radius 2 is 1.88 bits per heavy atom. The lowest BCUT2D eigenvalue weighted by Crippen LogP contribution is -2.04. The van der Waals surface area contributed by atoms with Crippen LogP contribution in [-0.4, -0.2) is 27.0 Å². The smallest absolute Gasteiger partial charge is 0.223 e. The van der Waals surface area contributed by atoms with Crippen LogP contribution >= 0.6 is 15.9 Å². The van der Waals surface area contributed by atoms with Crippen molar-refractivity contribution in [2.24, 2.45) is 0 Å². The summed E-state index contributed by atoms with van der Waals surface area (Å²) in [6, 6.07) is 9.42. The van der Waals surface area contributed by atoms with Crippen molar-refractivity contribution >= 4 is 33.4 Å². The predicted molar refractivity (Wildman–Crippen MR) is 96.2 cm³/mol. The van der Waals surface area contributed by atoms with E-state index < -0.39 is 0 Å². The van der Waals surface area contributed by atoms with E-state index in [1.54, 1.807) is 20.2 Å². The molecule has 0 fully saturated rings. The van der Waals surface area contributed by atoms with Crippen molar-refractivity contribution < 1.29 is 4.74 Å². The van der Waals surface area contributed by atoms with Gasteiger partial charge in [-0.3, -0.25) is 0 Å². The summed E-state index contributed by atoms with van der Waals surface area (Å²) in [5, 5.41) is 3.26. The number of methoxy groups -OCH3 is 1. The molecule has 0 radical (unpaired) electrons. The Balaban J connectivity index is 2.01. The maximum atomic E-state index is 5.74. The zero-order chi connectivity index (χ0) is 17.1. The molecule has 3 N–H and O–H groups in total. The molecule has 0 saturated carbocycles. The molecule has 0 saturated heterocycles. The molecule has 24 heavy (non-hydrogen) atoms. The molecule has 7 nitrogen and oxygen atoms in total. The fourth-order valence-corrected chi connectivity index (χ4v) is 2.47. The minimum absolute atomic E-state index is 0.174. The van der Waals surface area contributed by atoms with E-state index in [1.165, 1.54) is 0 Å². The Morgan fingerprint density at radius 1 is 1.12 bits per heavy atom. The number of benzene rings is 1. The summed E-state index contributed by atoms with van der Waals surface area (Å²) < 4.78 is 5.98. The normalized spacial score (nSPS) is 10.5. The van der Waals surface area contributed by atoms with E-state index in [0.29, 0.717) is 17.5 Å². The Labute approximate surface area is 147 Å². The van der Waals surface area contributed by atoms with Crippen LogP contribution in [0.15, 0.2) is 41.0 Å². The van der Waals surface area contributed by atoms with Crippen molar-refractivity contribution in [2.75, 3.05) is 18.2 Å². The van der Waals surface area contributed by atoms with Gasteiger partial charge in [0.25, 0.3) is 0 Å².